The van der Waals surface area contributed by atoms with Gasteiger partial charge >= 0.3 is 0 Å². The number of amides is 1. The Labute approximate surface area is 121 Å². The molecule has 0 heterocycles. The van der Waals surface area contributed by atoms with Crippen LogP contribution >= 0.6 is 34.2 Å². The van der Waals surface area contributed by atoms with Crippen molar-refractivity contribution in [3.63, 3.8) is 0 Å². The van der Waals surface area contributed by atoms with Gasteiger partial charge in [-0.25, -0.2) is 0 Å². The van der Waals surface area contributed by atoms with Crippen LogP contribution in [0.15, 0.2) is 24.3 Å². The minimum absolute atomic E-state index is 0.0356. The van der Waals surface area contributed by atoms with Crippen molar-refractivity contribution in [2.45, 2.75) is 26.3 Å². The van der Waals surface area contributed by atoms with Crippen LogP contribution in [0.25, 0.3) is 0 Å². The van der Waals surface area contributed by atoms with Crippen LogP contribution in [0.2, 0.25) is 5.02 Å². The molecule has 0 radical (unpaired) electrons. The van der Waals surface area contributed by atoms with Crippen LogP contribution in [0.5, 0.6) is 0 Å². The van der Waals surface area contributed by atoms with Crippen LogP contribution in [-0.4, -0.2) is 16.4 Å². The van der Waals surface area contributed by atoms with Crippen LogP contribution in [0.3, 0.4) is 0 Å². The smallest absolute Gasteiger partial charge is 0.224 e. The summed E-state index contributed by atoms with van der Waals surface area (Å²) in [5.41, 5.74) is 0.877. The van der Waals surface area contributed by atoms with Crippen molar-refractivity contribution < 1.29 is 4.79 Å². The topological polar surface area (TPSA) is 29.1 Å². The van der Waals surface area contributed by atoms with Crippen molar-refractivity contribution in [3.05, 3.63) is 34.9 Å². The first-order valence-corrected chi connectivity index (χ1v) is 7.53. The van der Waals surface area contributed by atoms with Gasteiger partial charge in [0.05, 0.1) is 6.42 Å². The number of alkyl halides is 1. The second-order valence-corrected chi connectivity index (χ2v) is 5.63. The molecule has 0 aliphatic carbocycles. The molecule has 1 aromatic rings. The number of halogens is 2. The van der Waals surface area contributed by atoms with E-state index in [1.54, 1.807) is 0 Å². The second kappa shape index (κ2) is 7.21. The van der Waals surface area contributed by atoms with E-state index in [0.29, 0.717) is 17.4 Å². The van der Waals surface area contributed by atoms with E-state index >= 15 is 0 Å². The highest BCUT2D eigenvalue weighted by Crippen LogP contribution is 2.15. The van der Waals surface area contributed by atoms with Crippen LogP contribution in [-0.2, 0) is 11.2 Å². The summed E-state index contributed by atoms with van der Waals surface area (Å²) < 4.78 is 0.920. The predicted molar refractivity (Wildman–Crippen MR) is 80.8 cm³/mol. The van der Waals surface area contributed by atoms with Crippen molar-refractivity contribution in [1.82, 2.24) is 5.32 Å². The van der Waals surface area contributed by atoms with Crippen LogP contribution < -0.4 is 5.32 Å². The molecule has 1 N–H and O–H groups in total. The first kappa shape index (κ1) is 14.8. The summed E-state index contributed by atoms with van der Waals surface area (Å²) in [4.78, 5) is 11.9. The van der Waals surface area contributed by atoms with Gasteiger partial charge in [-0.2, -0.15) is 0 Å². The van der Waals surface area contributed by atoms with E-state index in [9.17, 15) is 4.79 Å². The molecule has 0 saturated heterocycles. The summed E-state index contributed by atoms with van der Waals surface area (Å²) in [5, 5.41) is 3.69. The van der Waals surface area contributed by atoms with Crippen molar-refractivity contribution in [3.8, 4) is 0 Å². The predicted octanol–water partition coefficient (Wildman–Crippen LogP) is 3.46. The molecule has 94 valence electrons. The van der Waals surface area contributed by atoms with Crippen molar-refractivity contribution in [2.24, 2.45) is 5.92 Å². The van der Waals surface area contributed by atoms with Gasteiger partial charge in [-0.3, -0.25) is 4.79 Å². The maximum Gasteiger partial charge on any atom is 0.224 e. The first-order chi connectivity index (χ1) is 8.04. The summed E-state index contributed by atoms with van der Waals surface area (Å²) in [7, 11) is 0. The number of carbonyl (C=O) groups is 1. The van der Waals surface area contributed by atoms with Gasteiger partial charge in [-0.1, -0.05) is 66.2 Å². The molecule has 1 unspecified atom stereocenters. The van der Waals surface area contributed by atoms with Crippen molar-refractivity contribution in [1.29, 1.82) is 0 Å². The Balaban J connectivity index is 2.58. The van der Waals surface area contributed by atoms with E-state index in [1.165, 1.54) is 0 Å². The van der Waals surface area contributed by atoms with E-state index in [2.05, 4.69) is 41.8 Å². The summed E-state index contributed by atoms with van der Waals surface area (Å²) in [6, 6.07) is 7.68. The molecule has 2 nitrogen and oxygen atoms in total. The average molecular weight is 366 g/mol. The number of rotatable bonds is 5. The SMILES string of the molecule is CC(C)C(CI)NC(=O)Cc1ccccc1Cl. The van der Waals surface area contributed by atoms with Crippen molar-refractivity contribution in [2.75, 3.05) is 4.43 Å². The van der Waals surface area contributed by atoms with Gasteiger partial charge < -0.3 is 5.32 Å². The van der Waals surface area contributed by atoms with Crippen LogP contribution in [0.4, 0.5) is 0 Å². The molecule has 0 fully saturated rings. The largest absolute Gasteiger partial charge is 0.352 e. The Morgan fingerprint density at radius 1 is 1.41 bits per heavy atom. The zero-order valence-electron chi connectivity index (χ0n) is 10.0. The minimum Gasteiger partial charge on any atom is -0.352 e. The zero-order chi connectivity index (χ0) is 12.8. The fraction of sp³-hybridized carbons (Fsp3) is 0.462. The molecule has 1 amide bonds. The lowest BCUT2D eigenvalue weighted by molar-refractivity contribution is -0.121. The first-order valence-electron chi connectivity index (χ1n) is 5.63. The molecule has 1 aromatic carbocycles. The Morgan fingerprint density at radius 2 is 2.06 bits per heavy atom. The van der Waals surface area contributed by atoms with Gasteiger partial charge in [0.2, 0.25) is 5.91 Å². The van der Waals surface area contributed by atoms with E-state index in [-0.39, 0.29) is 11.9 Å². The molecular weight excluding hydrogens is 349 g/mol. The van der Waals surface area contributed by atoms with Gasteiger partial charge in [0.1, 0.15) is 0 Å². The quantitative estimate of drug-likeness (QED) is 0.628. The normalized spacial score (nSPS) is 12.5. The van der Waals surface area contributed by atoms with E-state index < -0.39 is 0 Å². The highest BCUT2D eigenvalue weighted by atomic mass is 127. The number of hydrogen-bond acceptors (Lipinski definition) is 1. The van der Waals surface area contributed by atoms with E-state index in [1.807, 2.05) is 24.3 Å². The lowest BCUT2D eigenvalue weighted by atomic mass is 10.1. The van der Waals surface area contributed by atoms with E-state index in [4.69, 9.17) is 11.6 Å². The van der Waals surface area contributed by atoms with Crippen LogP contribution in [0, 0.1) is 5.92 Å². The minimum atomic E-state index is 0.0356. The van der Waals surface area contributed by atoms with Gasteiger partial charge in [0, 0.05) is 15.5 Å². The average Bonchev–Trinajstić information content (AvgIpc) is 2.28. The van der Waals surface area contributed by atoms with Gasteiger partial charge in [0.25, 0.3) is 0 Å². The molecule has 0 aliphatic rings. The summed E-state index contributed by atoms with van der Waals surface area (Å²) in [5.74, 6) is 0.482. The Hall–Kier alpha value is -0.290. The fourth-order valence-electron chi connectivity index (χ4n) is 1.46. The highest BCUT2D eigenvalue weighted by molar-refractivity contribution is 14.1. The lowest BCUT2D eigenvalue weighted by Crippen LogP contribution is -2.40. The molecule has 4 heteroatoms. The Morgan fingerprint density at radius 3 is 2.59 bits per heavy atom. The van der Waals surface area contributed by atoms with Gasteiger partial charge in [0.15, 0.2) is 0 Å². The molecule has 1 atom stereocenters. The molecule has 0 spiro atoms. The lowest BCUT2D eigenvalue weighted by Gasteiger charge is -2.20. The monoisotopic (exact) mass is 365 g/mol. The molecular formula is C13H17ClINO. The maximum absolute atomic E-state index is 11.9. The molecule has 1 rings (SSSR count). The molecule has 17 heavy (non-hydrogen) atoms. The standard InChI is InChI=1S/C13H17ClINO/c1-9(2)12(8-15)16-13(17)7-10-5-3-4-6-11(10)14/h3-6,9,12H,7-8H2,1-2H3,(H,16,17). The van der Waals surface area contributed by atoms with Gasteiger partial charge in [-0.15, -0.1) is 0 Å². The van der Waals surface area contributed by atoms with Gasteiger partial charge in [-0.05, 0) is 17.5 Å². The number of carbonyl (C=O) groups excluding carboxylic acids is 1. The maximum atomic E-state index is 11.9. The summed E-state index contributed by atoms with van der Waals surface area (Å²) in [6.07, 6.45) is 0.347. The van der Waals surface area contributed by atoms with E-state index in [0.717, 1.165) is 9.99 Å². The zero-order valence-corrected chi connectivity index (χ0v) is 13.0. The fourth-order valence-corrected chi connectivity index (χ4v) is 2.90. The summed E-state index contributed by atoms with van der Waals surface area (Å²) in [6.45, 7) is 4.22. The molecule has 0 aliphatic heterocycles. The third-order valence-corrected chi connectivity index (χ3v) is 3.94. The summed E-state index contributed by atoms with van der Waals surface area (Å²) >= 11 is 8.31. The number of benzene rings is 1. The Bertz CT molecular complexity index is 381. The number of nitrogens with one attached hydrogen (secondary N) is 1. The highest BCUT2D eigenvalue weighted by Gasteiger charge is 2.15. The third-order valence-electron chi connectivity index (χ3n) is 2.63. The molecule has 0 saturated carbocycles. The van der Waals surface area contributed by atoms with Crippen LogP contribution in [0.1, 0.15) is 19.4 Å². The molecule has 0 bridgehead atoms. The second-order valence-electron chi connectivity index (χ2n) is 4.34. The molecule has 0 aromatic heterocycles. The van der Waals surface area contributed by atoms with Crippen molar-refractivity contribution >= 4 is 40.1 Å². The third kappa shape index (κ3) is 4.84. The number of hydrogen-bond donors (Lipinski definition) is 1. The Kier molecular flexibility index (Phi) is 6.27.